The molecule has 1 saturated heterocycles. The number of carbonyl (C=O) groups is 1. The molecular formula is C16H18N4O. The molecule has 1 aromatic carbocycles. The lowest BCUT2D eigenvalue weighted by molar-refractivity contribution is 0.252. The molecule has 1 fully saturated rings. The SMILES string of the molecule is Cc1ncccc1CNc1ccc(N2CCNC2=O)cc1. The van der Waals surface area contributed by atoms with Gasteiger partial charge in [-0.2, -0.15) is 0 Å². The minimum absolute atomic E-state index is 0.0262. The van der Waals surface area contributed by atoms with Crippen LogP contribution in [0.25, 0.3) is 0 Å². The molecule has 1 aliphatic heterocycles. The lowest BCUT2D eigenvalue weighted by atomic mass is 10.2. The van der Waals surface area contributed by atoms with Crippen molar-refractivity contribution in [1.29, 1.82) is 0 Å². The first-order valence-electron chi connectivity index (χ1n) is 7.04. The highest BCUT2D eigenvalue weighted by Crippen LogP contribution is 2.20. The van der Waals surface area contributed by atoms with Crippen LogP contribution in [-0.4, -0.2) is 24.1 Å². The monoisotopic (exact) mass is 282 g/mol. The summed E-state index contributed by atoms with van der Waals surface area (Å²) in [6.07, 6.45) is 1.80. The second-order valence-electron chi connectivity index (χ2n) is 5.03. The van der Waals surface area contributed by atoms with Crippen molar-refractivity contribution in [3.05, 3.63) is 53.9 Å². The molecule has 21 heavy (non-hydrogen) atoms. The van der Waals surface area contributed by atoms with E-state index >= 15 is 0 Å². The molecule has 0 unspecified atom stereocenters. The average Bonchev–Trinajstić information content (AvgIpc) is 2.93. The Balaban J connectivity index is 1.65. The van der Waals surface area contributed by atoms with Gasteiger partial charge in [0.25, 0.3) is 0 Å². The highest BCUT2D eigenvalue weighted by atomic mass is 16.2. The van der Waals surface area contributed by atoms with E-state index in [4.69, 9.17) is 0 Å². The van der Waals surface area contributed by atoms with Crippen molar-refractivity contribution in [3.63, 3.8) is 0 Å². The van der Waals surface area contributed by atoms with Gasteiger partial charge in [-0.15, -0.1) is 0 Å². The van der Waals surface area contributed by atoms with Gasteiger partial charge in [0.15, 0.2) is 0 Å². The zero-order valence-corrected chi connectivity index (χ0v) is 12.0. The Hall–Kier alpha value is -2.56. The van der Waals surface area contributed by atoms with E-state index in [0.29, 0.717) is 6.54 Å². The van der Waals surface area contributed by atoms with Crippen LogP contribution in [0.15, 0.2) is 42.6 Å². The van der Waals surface area contributed by atoms with Gasteiger partial charge >= 0.3 is 6.03 Å². The molecule has 2 aromatic rings. The number of hydrogen-bond acceptors (Lipinski definition) is 3. The zero-order chi connectivity index (χ0) is 14.7. The number of benzene rings is 1. The summed E-state index contributed by atoms with van der Waals surface area (Å²) < 4.78 is 0. The van der Waals surface area contributed by atoms with E-state index in [1.54, 1.807) is 11.1 Å². The summed E-state index contributed by atoms with van der Waals surface area (Å²) >= 11 is 0. The number of pyridine rings is 1. The number of anilines is 2. The lowest BCUT2D eigenvalue weighted by Crippen LogP contribution is -2.27. The van der Waals surface area contributed by atoms with Crippen LogP contribution < -0.4 is 15.5 Å². The second-order valence-corrected chi connectivity index (χ2v) is 5.03. The van der Waals surface area contributed by atoms with E-state index in [1.165, 1.54) is 5.56 Å². The fraction of sp³-hybridized carbons (Fsp3) is 0.250. The fourth-order valence-electron chi connectivity index (χ4n) is 2.38. The van der Waals surface area contributed by atoms with Crippen LogP contribution in [0.4, 0.5) is 16.2 Å². The second kappa shape index (κ2) is 5.83. The summed E-state index contributed by atoms with van der Waals surface area (Å²) in [6.45, 7) is 4.18. The number of carbonyl (C=O) groups excluding carboxylic acids is 1. The first kappa shape index (κ1) is 13.4. The zero-order valence-electron chi connectivity index (χ0n) is 12.0. The van der Waals surface area contributed by atoms with Gasteiger partial charge < -0.3 is 10.6 Å². The van der Waals surface area contributed by atoms with Gasteiger partial charge in [0, 0.05) is 42.9 Å². The molecule has 0 bridgehead atoms. The summed E-state index contributed by atoms with van der Waals surface area (Å²) in [5.41, 5.74) is 4.17. The molecule has 0 saturated carbocycles. The largest absolute Gasteiger partial charge is 0.381 e. The number of aromatic nitrogens is 1. The normalized spacial score (nSPS) is 14.1. The first-order valence-corrected chi connectivity index (χ1v) is 7.04. The Labute approximate surface area is 124 Å². The smallest absolute Gasteiger partial charge is 0.321 e. The van der Waals surface area contributed by atoms with Crippen molar-refractivity contribution in [2.24, 2.45) is 0 Å². The Kier molecular flexibility index (Phi) is 3.73. The molecule has 1 aromatic heterocycles. The van der Waals surface area contributed by atoms with Gasteiger partial charge in [0.2, 0.25) is 0 Å². The van der Waals surface area contributed by atoms with Gasteiger partial charge in [-0.1, -0.05) is 6.07 Å². The Bertz CT molecular complexity index is 639. The first-order chi connectivity index (χ1) is 10.2. The minimum Gasteiger partial charge on any atom is -0.381 e. The summed E-state index contributed by atoms with van der Waals surface area (Å²) in [5, 5.41) is 6.17. The molecule has 2 N–H and O–H groups in total. The molecule has 5 nitrogen and oxygen atoms in total. The Morgan fingerprint density at radius 1 is 1.29 bits per heavy atom. The molecule has 1 aliphatic rings. The van der Waals surface area contributed by atoms with Crippen LogP contribution >= 0.6 is 0 Å². The standard InChI is InChI=1S/C16H18N4O/c1-12-13(3-2-8-17-12)11-19-14-4-6-15(7-5-14)20-10-9-18-16(20)21/h2-8,19H,9-11H2,1H3,(H,18,21). The maximum Gasteiger partial charge on any atom is 0.321 e. The molecule has 0 spiro atoms. The number of urea groups is 1. The predicted octanol–water partition coefficient (Wildman–Crippen LogP) is 2.53. The number of nitrogens with zero attached hydrogens (tertiary/aromatic N) is 2. The third kappa shape index (κ3) is 2.97. The molecule has 0 atom stereocenters. The van der Waals surface area contributed by atoms with Crippen LogP contribution in [0.1, 0.15) is 11.3 Å². The predicted molar refractivity (Wildman–Crippen MR) is 83.5 cm³/mol. The van der Waals surface area contributed by atoms with E-state index in [0.717, 1.165) is 30.2 Å². The Morgan fingerprint density at radius 2 is 2.10 bits per heavy atom. The van der Waals surface area contributed by atoms with Crippen molar-refractivity contribution < 1.29 is 4.79 Å². The van der Waals surface area contributed by atoms with Crippen LogP contribution in [0, 0.1) is 6.92 Å². The third-order valence-corrected chi connectivity index (χ3v) is 3.64. The molecule has 5 heteroatoms. The summed E-state index contributed by atoms with van der Waals surface area (Å²) in [4.78, 5) is 17.6. The molecular weight excluding hydrogens is 264 g/mol. The van der Waals surface area contributed by atoms with E-state index < -0.39 is 0 Å². The highest BCUT2D eigenvalue weighted by molar-refractivity contribution is 5.94. The van der Waals surface area contributed by atoms with E-state index in [2.05, 4.69) is 21.7 Å². The van der Waals surface area contributed by atoms with Crippen molar-refractivity contribution in [2.75, 3.05) is 23.3 Å². The minimum atomic E-state index is -0.0262. The summed E-state index contributed by atoms with van der Waals surface area (Å²) in [6, 6.07) is 11.9. The number of amides is 2. The van der Waals surface area contributed by atoms with Crippen LogP contribution in [0.5, 0.6) is 0 Å². The third-order valence-electron chi connectivity index (χ3n) is 3.64. The number of nitrogens with one attached hydrogen (secondary N) is 2. The van der Waals surface area contributed by atoms with Crippen molar-refractivity contribution in [3.8, 4) is 0 Å². The molecule has 0 radical (unpaired) electrons. The van der Waals surface area contributed by atoms with Crippen LogP contribution in [0.2, 0.25) is 0 Å². The van der Waals surface area contributed by atoms with Crippen molar-refractivity contribution in [2.45, 2.75) is 13.5 Å². The summed E-state index contributed by atoms with van der Waals surface area (Å²) in [5.74, 6) is 0. The van der Waals surface area contributed by atoms with Crippen LogP contribution in [-0.2, 0) is 6.54 Å². The number of aryl methyl sites for hydroxylation is 1. The highest BCUT2D eigenvalue weighted by Gasteiger charge is 2.20. The maximum atomic E-state index is 11.6. The van der Waals surface area contributed by atoms with E-state index in [1.807, 2.05) is 37.3 Å². The molecule has 2 heterocycles. The van der Waals surface area contributed by atoms with Gasteiger partial charge in [0.05, 0.1) is 0 Å². The number of hydrogen-bond donors (Lipinski definition) is 2. The van der Waals surface area contributed by atoms with Gasteiger partial charge in [-0.3, -0.25) is 9.88 Å². The maximum absolute atomic E-state index is 11.6. The van der Waals surface area contributed by atoms with Gasteiger partial charge in [-0.05, 0) is 42.8 Å². The Morgan fingerprint density at radius 3 is 2.76 bits per heavy atom. The lowest BCUT2D eigenvalue weighted by Gasteiger charge is -2.15. The number of rotatable bonds is 4. The quantitative estimate of drug-likeness (QED) is 0.906. The molecule has 108 valence electrons. The summed E-state index contributed by atoms with van der Waals surface area (Å²) in [7, 11) is 0. The average molecular weight is 282 g/mol. The van der Waals surface area contributed by atoms with Crippen LogP contribution in [0.3, 0.4) is 0 Å². The van der Waals surface area contributed by atoms with E-state index in [9.17, 15) is 4.79 Å². The van der Waals surface area contributed by atoms with Gasteiger partial charge in [0.1, 0.15) is 0 Å². The molecule has 0 aliphatic carbocycles. The fourth-order valence-corrected chi connectivity index (χ4v) is 2.38. The van der Waals surface area contributed by atoms with Crippen molar-refractivity contribution >= 4 is 17.4 Å². The molecule has 3 rings (SSSR count). The van der Waals surface area contributed by atoms with E-state index in [-0.39, 0.29) is 6.03 Å². The van der Waals surface area contributed by atoms with Gasteiger partial charge in [-0.25, -0.2) is 4.79 Å². The molecule has 2 amide bonds. The topological polar surface area (TPSA) is 57.3 Å². The van der Waals surface area contributed by atoms with Crippen molar-refractivity contribution in [1.82, 2.24) is 10.3 Å².